The van der Waals surface area contributed by atoms with Crippen molar-refractivity contribution in [1.29, 1.82) is 0 Å². The fourth-order valence-electron chi connectivity index (χ4n) is 2.52. The molecule has 0 amide bonds. The van der Waals surface area contributed by atoms with Gasteiger partial charge in [-0.1, -0.05) is 6.42 Å². The lowest BCUT2D eigenvalue weighted by molar-refractivity contribution is 0.226. The maximum absolute atomic E-state index is 4.03. The summed E-state index contributed by atoms with van der Waals surface area (Å²) in [4.78, 5) is 6.63. The summed E-state index contributed by atoms with van der Waals surface area (Å²) in [5, 5.41) is 3.53. The molecule has 0 aromatic carbocycles. The van der Waals surface area contributed by atoms with E-state index >= 15 is 0 Å². The fraction of sp³-hybridized carbons (Fsp3) is 0.667. The Morgan fingerprint density at radius 3 is 2.61 bits per heavy atom. The Bertz CT molecular complexity index is 307. The fourth-order valence-corrected chi connectivity index (χ4v) is 2.52. The number of hydrogen-bond donors (Lipinski definition) is 1. The zero-order chi connectivity index (χ0) is 12.5. The molecule has 3 heteroatoms. The second-order valence-corrected chi connectivity index (χ2v) is 5.11. The van der Waals surface area contributed by atoms with Gasteiger partial charge < -0.3 is 10.2 Å². The second-order valence-electron chi connectivity index (χ2n) is 5.11. The number of pyridine rings is 1. The molecular weight excluding hydrogens is 222 g/mol. The van der Waals surface area contributed by atoms with Crippen molar-refractivity contribution in [3.63, 3.8) is 0 Å². The molecule has 1 aromatic heterocycles. The first-order valence-electron chi connectivity index (χ1n) is 7.27. The average molecular weight is 247 g/mol. The number of rotatable bonds is 7. The van der Waals surface area contributed by atoms with E-state index in [0.717, 1.165) is 19.5 Å². The number of nitrogens with zero attached hydrogens (tertiary/aromatic N) is 2. The van der Waals surface area contributed by atoms with E-state index < -0.39 is 0 Å². The molecule has 0 bridgehead atoms. The molecule has 0 unspecified atom stereocenters. The molecule has 1 saturated heterocycles. The molecule has 1 aliphatic heterocycles. The van der Waals surface area contributed by atoms with Crippen LogP contribution in [0.15, 0.2) is 24.5 Å². The first kappa shape index (κ1) is 13.5. The molecule has 1 aliphatic rings. The van der Waals surface area contributed by atoms with Crippen LogP contribution < -0.4 is 5.32 Å². The van der Waals surface area contributed by atoms with Crippen LogP contribution in [0.25, 0.3) is 0 Å². The first-order chi connectivity index (χ1) is 8.95. The van der Waals surface area contributed by atoms with Crippen molar-refractivity contribution >= 4 is 0 Å². The van der Waals surface area contributed by atoms with Crippen LogP contribution in [0.3, 0.4) is 0 Å². The maximum Gasteiger partial charge on any atom is 0.0270 e. The van der Waals surface area contributed by atoms with Gasteiger partial charge in [-0.3, -0.25) is 4.98 Å². The minimum atomic E-state index is 1.07. The van der Waals surface area contributed by atoms with E-state index in [1.807, 2.05) is 12.4 Å². The number of likely N-dealkylation sites (tertiary alicyclic amines) is 1. The van der Waals surface area contributed by atoms with Gasteiger partial charge in [-0.2, -0.15) is 0 Å². The standard InChI is InChI=1S/C15H25N3/c1-2-12-18(13-3-1)14-4-8-16-9-5-15-6-10-17-11-7-15/h6-7,10-11,16H,1-5,8-9,12-14H2. The van der Waals surface area contributed by atoms with Crippen LogP contribution in [0.2, 0.25) is 0 Å². The average Bonchev–Trinajstić information content (AvgIpc) is 2.45. The predicted octanol–water partition coefficient (Wildman–Crippen LogP) is 2.09. The third-order valence-corrected chi connectivity index (χ3v) is 3.62. The molecule has 100 valence electrons. The Morgan fingerprint density at radius 2 is 1.83 bits per heavy atom. The van der Waals surface area contributed by atoms with E-state index in [2.05, 4.69) is 27.3 Å². The van der Waals surface area contributed by atoms with Crippen molar-refractivity contribution < 1.29 is 0 Å². The van der Waals surface area contributed by atoms with E-state index in [1.165, 1.54) is 50.9 Å². The molecule has 3 nitrogen and oxygen atoms in total. The highest BCUT2D eigenvalue weighted by Crippen LogP contribution is 2.08. The molecule has 18 heavy (non-hydrogen) atoms. The van der Waals surface area contributed by atoms with Gasteiger partial charge in [0.2, 0.25) is 0 Å². The molecule has 0 radical (unpaired) electrons. The van der Waals surface area contributed by atoms with E-state index in [-0.39, 0.29) is 0 Å². The molecule has 1 fully saturated rings. The minimum absolute atomic E-state index is 1.07. The van der Waals surface area contributed by atoms with E-state index in [9.17, 15) is 0 Å². The SMILES string of the molecule is c1cc(CCNCCCN2CCCCC2)ccn1. The molecule has 2 rings (SSSR count). The molecule has 1 aromatic rings. The largest absolute Gasteiger partial charge is 0.316 e. The van der Waals surface area contributed by atoms with Gasteiger partial charge in [0.05, 0.1) is 0 Å². The van der Waals surface area contributed by atoms with E-state index in [4.69, 9.17) is 0 Å². The second kappa shape index (κ2) is 8.22. The highest BCUT2D eigenvalue weighted by Gasteiger charge is 2.08. The van der Waals surface area contributed by atoms with Crippen LogP contribution >= 0.6 is 0 Å². The smallest absolute Gasteiger partial charge is 0.0270 e. The number of nitrogens with one attached hydrogen (secondary N) is 1. The first-order valence-corrected chi connectivity index (χ1v) is 7.27. The van der Waals surface area contributed by atoms with Gasteiger partial charge >= 0.3 is 0 Å². The van der Waals surface area contributed by atoms with Crippen LogP contribution in [0, 0.1) is 0 Å². The summed E-state index contributed by atoms with van der Waals surface area (Å²) >= 11 is 0. The molecule has 0 spiro atoms. The van der Waals surface area contributed by atoms with Crippen molar-refractivity contribution in [3.8, 4) is 0 Å². The highest BCUT2D eigenvalue weighted by molar-refractivity contribution is 5.09. The third kappa shape index (κ3) is 5.15. The number of hydrogen-bond acceptors (Lipinski definition) is 3. The van der Waals surface area contributed by atoms with Crippen molar-refractivity contribution in [3.05, 3.63) is 30.1 Å². The zero-order valence-electron chi connectivity index (χ0n) is 11.3. The molecule has 0 saturated carbocycles. The summed E-state index contributed by atoms with van der Waals surface area (Å²) in [6.45, 7) is 6.11. The lowest BCUT2D eigenvalue weighted by atomic mass is 10.1. The lowest BCUT2D eigenvalue weighted by Crippen LogP contribution is -2.32. The summed E-state index contributed by atoms with van der Waals surface area (Å²) in [6, 6.07) is 4.19. The van der Waals surface area contributed by atoms with Crippen LogP contribution in [0.1, 0.15) is 31.2 Å². The van der Waals surface area contributed by atoms with Crippen molar-refractivity contribution in [2.75, 3.05) is 32.7 Å². The van der Waals surface area contributed by atoms with Gasteiger partial charge in [0.1, 0.15) is 0 Å². The summed E-state index contributed by atoms with van der Waals surface area (Å²) in [6.07, 6.45) is 10.3. The van der Waals surface area contributed by atoms with Crippen LogP contribution in [-0.2, 0) is 6.42 Å². The molecule has 0 atom stereocenters. The van der Waals surface area contributed by atoms with Gasteiger partial charge in [-0.15, -0.1) is 0 Å². The molecule has 2 heterocycles. The van der Waals surface area contributed by atoms with E-state index in [1.54, 1.807) is 0 Å². The van der Waals surface area contributed by atoms with Crippen LogP contribution in [0.5, 0.6) is 0 Å². The van der Waals surface area contributed by atoms with Crippen molar-refractivity contribution in [1.82, 2.24) is 15.2 Å². The molecule has 1 N–H and O–H groups in total. The Morgan fingerprint density at radius 1 is 1.06 bits per heavy atom. The van der Waals surface area contributed by atoms with Crippen LogP contribution in [-0.4, -0.2) is 42.6 Å². The molecular formula is C15H25N3. The van der Waals surface area contributed by atoms with Crippen molar-refractivity contribution in [2.24, 2.45) is 0 Å². The summed E-state index contributed by atoms with van der Waals surface area (Å²) < 4.78 is 0. The van der Waals surface area contributed by atoms with Crippen molar-refractivity contribution in [2.45, 2.75) is 32.1 Å². The quantitative estimate of drug-likeness (QED) is 0.748. The Kier molecular flexibility index (Phi) is 6.17. The summed E-state index contributed by atoms with van der Waals surface area (Å²) in [5.74, 6) is 0. The number of aromatic nitrogens is 1. The van der Waals surface area contributed by atoms with Gasteiger partial charge in [0, 0.05) is 12.4 Å². The molecule has 0 aliphatic carbocycles. The normalized spacial score (nSPS) is 16.9. The zero-order valence-corrected chi connectivity index (χ0v) is 11.3. The third-order valence-electron chi connectivity index (χ3n) is 3.62. The van der Waals surface area contributed by atoms with Crippen LogP contribution in [0.4, 0.5) is 0 Å². The lowest BCUT2D eigenvalue weighted by Gasteiger charge is -2.26. The van der Waals surface area contributed by atoms with Gasteiger partial charge in [-0.05, 0) is 76.1 Å². The Labute approximate surface area is 111 Å². The van der Waals surface area contributed by atoms with Gasteiger partial charge in [0.25, 0.3) is 0 Å². The Hall–Kier alpha value is -0.930. The monoisotopic (exact) mass is 247 g/mol. The van der Waals surface area contributed by atoms with Gasteiger partial charge in [-0.25, -0.2) is 0 Å². The number of piperidine rings is 1. The Balaban J connectivity index is 1.46. The van der Waals surface area contributed by atoms with Gasteiger partial charge in [0.15, 0.2) is 0 Å². The predicted molar refractivity (Wildman–Crippen MR) is 75.7 cm³/mol. The summed E-state index contributed by atoms with van der Waals surface area (Å²) in [7, 11) is 0. The summed E-state index contributed by atoms with van der Waals surface area (Å²) in [5.41, 5.74) is 1.37. The minimum Gasteiger partial charge on any atom is -0.316 e. The van der Waals surface area contributed by atoms with E-state index in [0.29, 0.717) is 0 Å². The highest BCUT2D eigenvalue weighted by atomic mass is 15.1. The maximum atomic E-state index is 4.03. The topological polar surface area (TPSA) is 28.2 Å².